The van der Waals surface area contributed by atoms with E-state index < -0.39 is 13.0 Å². The molecule has 0 radical (unpaired) electrons. The number of nitrogens with one attached hydrogen (secondary N) is 1. The van der Waals surface area contributed by atoms with Gasteiger partial charge < -0.3 is 14.8 Å². The Hall–Kier alpha value is -1.63. The average molecular weight is 263 g/mol. The van der Waals surface area contributed by atoms with Crippen LogP contribution in [-0.4, -0.2) is 32.7 Å². The van der Waals surface area contributed by atoms with Gasteiger partial charge >= 0.3 is 6.36 Å². The normalized spacial score (nSPS) is 14.4. The first kappa shape index (κ1) is 12.8. The second kappa shape index (κ2) is 5.34. The van der Waals surface area contributed by atoms with E-state index >= 15 is 0 Å². The van der Waals surface area contributed by atoms with Gasteiger partial charge in [0.15, 0.2) is 11.5 Å². The highest BCUT2D eigenvalue weighted by Crippen LogP contribution is 2.32. The largest absolute Gasteiger partial charge is 0.522 e. The minimum Gasteiger partial charge on any atom is -0.486 e. The first-order valence-corrected chi connectivity index (χ1v) is 5.39. The lowest BCUT2D eigenvalue weighted by Crippen LogP contribution is -2.19. The summed E-state index contributed by atoms with van der Waals surface area (Å²) in [4.78, 5) is 0. The van der Waals surface area contributed by atoms with Gasteiger partial charge in [-0.25, -0.2) is 0 Å². The molecule has 0 saturated heterocycles. The van der Waals surface area contributed by atoms with Crippen molar-refractivity contribution in [3.05, 3.63) is 18.2 Å². The molecule has 0 spiro atoms. The lowest BCUT2D eigenvalue weighted by atomic mass is 10.2. The molecular formula is C11H12F3NO3. The summed E-state index contributed by atoms with van der Waals surface area (Å²) in [5, 5.41) is 2.81. The van der Waals surface area contributed by atoms with Gasteiger partial charge in [-0.1, -0.05) is 0 Å². The molecule has 0 unspecified atom stereocenters. The van der Waals surface area contributed by atoms with Crippen LogP contribution in [0.4, 0.5) is 18.9 Å². The van der Waals surface area contributed by atoms with Gasteiger partial charge in [0, 0.05) is 18.3 Å². The van der Waals surface area contributed by atoms with Crippen LogP contribution in [0.15, 0.2) is 18.2 Å². The zero-order chi connectivity index (χ0) is 13.0. The minimum atomic E-state index is -4.59. The van der Waals surface area contributed by atoms with Crippen molar-refractivity contribution >= 4 is 5.69 Å². The van der Waals surface area contributed by atoms with Gasteiger partial charge in [0.05, 0.1) is 6.61 Å². The molecule has 7 heteroatoms. The smallest absolute Gasteiger partial charge is 0.486 e. The molecule has 100 valence electrons. The van der Waals surface area contributed by atoms with E-state index in [-0.39, 0.29) is 6.54 Å². The third-order valence-corrected chi connectivity index (χ3v) is 2.24. The van der Waals surface area contributed by atoms with E-state index in [0.29, 0.717) is 30.4 Å². The van der Waals surface area contributed by atoms with E-state index in [1.54, 1.807) is 18.2 Å². The highest BCUT2D eigenvalue weighted by atomic mass is 19.4. The Labute approximate surface area is 102 Å². The SMILES string of the molecule is FC(F)(F)OCCNc1ccc2c(c1)OCCO2. The molecule has 18 heavy (non-hydrogen) atoms. The zero-order valence-corrected chi connectivity index (χ0v) is 9.42. The maximum atomic E-state index is 11.7. The summed E-state index contributed by atoms with van der Waals surface area (Å²) >= 11 is 0. The predicted molar refractivity (Wildman–Crippen MR) is 57.9 cm³/mol. The Bertz CT molecular complexity index is 409. The van der Waals surface area contributed by atoms with Crippen LogP contribution in [0.25, 0.3) is 0 Å². The molecule has 0 aliphatic carbocycles. The van der Waals surface area contributed by atoms with Crippen LogP contribution in [0, 0.1) is 0 Å². The summed E-state index contributed by atoms with van der Waals surface area (Å²) in [7, 11) is 0. The van der Waals surface area contributed by atoms with Crippen molar-refractivity contribution < 1.29 is 27.4 Å². The highest BCUT2D eigenvalue weighted by Gasteiger charge is 2.28. The van der Waals surface area contributed by atoms with Gasteiger partial charge in [0.25, 0.3) is 0 Å². The Morgan fingerprint density at radius 3 is 2.61 bits per heavy atom. The zero-order valence-electron chi connectivity index (χ0n) is 9.42. The summed E-state index contributed by atoms with van der Waals surface area (Å²) in [6, 6.07) is 5.10. The van der Waals surface area contributed by atoms with Crippen molar-refractivity contribution in [1.29, 1.82) is 0 Å². The molecule has 0 atom stereocenters. The molecule has 2 rings (SSSR count). The molecule has 0 bridgehead atoms. The Morgan fingerprint density at radius 2 is 1.89 bits per heavy atom. The fourth-order valence-corrected chi connectivity index (χ4v) is 1.52. The number of rotatable bonds is 4. The standard InChI is InChI=1S/C11H12F3NO3/c12-11(13,14)18-4-3-15-8-1-2-9-10(7-8)17-6-5-16-9/h1-2,7,15H,3-6H2. The van der Waals surface area contributed by atoms with E-state index in [1.807, 2.05) is 0 Å². The monoisotopic (exact) mass is 263 g/mol. The van der Waals surface area contributed by atoms with Crippen LogP contribution in [-0.2, 0) is 4.74 Å². The maximum Gasteiger partial charge on any atom is 0.522 e. The second-order valence-corrected chi connectivity index (χ2v) is 3.58. The minimum absolute atomic E-state index is 0.0547. The summed E-state index contributed by atoms with van der Waals surface area (Å²) in [5.74, 6) is 1.22. The Morgan fingerprint density at radius 1 is 1.17 bits per heavy atom. The molecule has 1 heterocycles. The number of hydrogen-bond acceptors (Lipinski definition) is 4. The van der Waals surface area contributed by atoms with Crippen molar-refractivity contribution in [2.24, 2.45) is 0 Å². The quantitative estimate of drug-likeness (QED) is 0.847. The molecule has 1 aromatic carbocycles. The molecule has 1 N–H and O–H groups in total. The second-order valence-electron chi connectivity index (χ2n) is 3.58. The van der Waals surface area contributed by atoms with Gasteiger partial charge in [0.2, 0.25) is 0 Å². The van der Waals surface area contributed by atoms with Gasteiger partial charge in [-0.15, -0.1) is 13.2 Å². The van der Waals surface area contributed by atoms with Gasteiger partial charge in [0.1, 0.15) is 13.2 Å². The molecule has 0 aromatic heterocycles. The topological polar surface area (TPSA) is 39.7 Å². The van der Waals surface area contributed by atoms with Gasteiger partial charge in [-0.3, -0.25) is 4.74 Å². The van der Waals surface area contributed by atoms with Gasteiger partial charge in [-0.05, 0) is 12.1 Å². The van der Waals surface area contributed by atoms with E-state index in [4.69, 9.17) is 9.47 Å². The third-order valence-electron chi connectivity index (χ3n) is 2.24. The van der Waals surface area contributed by atoms with E-state index in [0.717, 1.165) is 0 Å². The van der Waals surface area contributed by atoms with Crippen LogP contribution in [0.2, 0.25) is 0 Å². The number of anilines is 1. The maximum absolute atomic E-state index is 11.7. The number of hydrogen-bond donors (Lipinski definition) is 1. The predicted octanol–water partition coefficient (Wildman–Crippen LogP) is 2.41. The number of benzene rings is 1. The molecular weight excluding hydrogens is 251 g/mol. The molecule has 1 aliphatic heterocycles. The van der Waals surface area contributed by atoms with Crippen molar-refractivity contribution in [3.63, 3.8) is 0 Å². The van der Waals surface area contributed by atoms with Crippen LogP contribution in [0.3, 0.4) is 0 Å². The highest BCUT2D eigenvalue weighted by molar-refractivity contribution is 5.55. The van der Waals surface area contributed by atoms with Crippen LogP contribution >= 0.6 is 0 Å². The van der Waals surface area contributed by atoms with Crippen molar-refractivity contribution in [1.82, 2.24) is 0 Å². The molecule has 0 amide bonds. The van der Waals surface area contributed by atoms with Crippen molar-refractivity contribution in [2.75, 3.05) is 31.7 Å². The lowest BCUT2D eigenvalue weighted by molar-refractivity contribution is -0.322. The molecule has 0 saturated carbocycles. The number of halogens is 3. The summed E-state index contributed by atoms with van der Waals surface area (Å²) in [5.41, 5.74) is 0.657. The first-order valence-electron chi connectivity index (χ1n) is 5.39. The molecule has 0 fully saturated rings. The Kier molecular flexibility index (Phi) is 3.81. The first-order chi connectivity index (χ1) is 8.54. The van der Waals surface area contributed by atoms with E-state index in [1.165, 1.54) is 0 Å². The molecule has 4 nitrogen and oxygen atoms in total. The number of fused-ring (bicyclic) bond motifs is 1. The fraction of sp³-hybridized carbons (Fsp3) is 0.455. The van der Waals surface area contributed by atoms with Crippen molar-refractivity contribution in [3.8, 4) is 11.5 Å². The lowest BCUT2D eigenvalue weighted by Gasteiger charge is -2.19. The fourth-order valence-electron chi connectivity index (χ4n) is 1.52. The summed E-state index contributed by atoms with van der Waals surface area (Å²) in [6.45, 7) is 0.573. The van der Waals surface area contributed by atoms with E-state index in [9.17, 15) is 13.2 Å². The number of ether oxygens (including phenoxy) is 3. The summed E-state index contributed by atoms with van der Waals surface area (Å²) < 4.78 is 49.5. The summed E-state index contributed by atoms with van der Waals surface area (Å²) in [6.07, 6.45) is -4.59. The van der Waals surface area contributed by atoms with Crippen LogP contribution in [0.5, 0.6) is 11.5 Å². The average Bonchev–Trinajstić information content (AvgIpc) is 2.33. The van der Waals surface area contributed by atoms with E-state index in [2.05, 4.69) is 10.1 Å². The molecule has 1 aromatic rings. The number of alkyl halides is 3. The van der Waals surface area contributed by atoms with Gasteiger partial charge in [-0.2, -0.15) is 0 Å². The van der Waals surface area contributed by atoms with Crippen LogP contribution < -0.4 is 14.8 Å². The third kappa shape index (κ3) is 3.69. The molecule has 1 aliphatic rings. The Balaban J connectivity index is 1.83. The van der Waals surface area contributed by atoms with Crippen LogP contribution in [0.1, 0.15) is 0 Å². The van der Waals surface area contributed by atoms with Crippen molar-refractivity contribution in [2.45, 2.75) is 6.36 Å².